The van der Waals surface area contributed by atoms with Crippen LogP contribution in [0.4, 0.5) is 0 Å². The first kappa shape index (κ1) is 24.1. The van der Waals surface area contributed by atoms with E-state index in [1.54, 1.807) is 44.1 Å². The Kier molecular flexibility index (Phi) is 7.49. The highest BCUT2D eigenvalue weighted by Gasteiger charge is 2.37. The molecular formula is C24H26Cl2N2O4. The van der Waals surface area contributed by atoms with E-state index in [9.17, 15) is 9.59 Å². The van der Waals surface area contributed by atoms with Gasteiger partial charge >= 0.3 is 5.97 Å². The van der Waals surface area contributed by atoms with Gasteiger partial charge in [0.05, 0.1) is 34.4 Å². The second kappa shape index (κ2) is 9.94. The molecule has 6 nitrogen and oxygen atoms in total. The number of carbonyl (C=O) groups is 2. The number of amides is 1. The number of aromatic nitrogens is 1. The molecular weight excluding hydrogens is 451 g/mol. The molecule has 0 spiro atoms. The minimum atomic E-state index is -0.511. The van der Waals surface area contributed by atoms with Crippen LogP contribution in [0.2, 0.25) is 10.0 Å². The van der Waals surface area contributed by atoms with Crippen LogP contribution in [0.3, 0.4) is 0 Å². The maximum Gasteiger partial charge on any atom is 0.340 e. The second-order valence-corrected chi connectivity index (χ2v) is 8.26. The molecule has 1 aliphatic rings. The zero-order valence-electron chi connectivity index (χ0n) is 18.8. The standard InChI is InChI=1S/C24H26Cl2N2O4/c1-6-32-24(30)22-16(4)27(9-10-31-5)23(29)19(22)12-17-11-14(2)28(15(17)3)18-7-8-20(25)21(26)13-18/h7-8,11-13H,6,9-10H2,1-5H3/b19-12-. The van der Waals surface area contributed by atoms with Crippen molar-refractivity contribution >= 4 is 41.2 Å². The summed E-state index contributed by atoms with van der Waals surface area (Å²) in [6.45, 7) is 8.33. The van der Waals surface area contributed by atoms with E-state index in [-0.39, 0.29) is 18.1 Å². The summed E-state index contributed by atoms with van der Waals surface area (Å²) in [6.07, 6.45) is 1.75. The van der Waals surface area contributed by atoms with Crippen molar-refractivity contribution in [2.24, 2.45) is 0 Å². The van der Waals surface area contributed by atoms with Crippen molar-refractivity contribution in [2.75, 3.05) is 26.9 Å². The van der Waals surface area contributed by atoms with Crippen LogP contribution in [0, 0.1) is 13.8 Å². The maximum atomic E-state index is 13.2. The maximum absolute atomic E-state index is 13.2. The minimum Gasteiger partial charge on any atom is -0.462 e. The molecule has 2 aromatic rings. The van der Waals surface area contributed by atoms with Crippen LogP contribution in [0.1, 0.15) is 30.8 Å². The van der Waals surface area contributed by atoms with Gasteiger partial charge in [-0.1, -0.05) is 23.2 Å². The molecule has 32 heavy (non-hydrogen) atoms. The average Bonchev–Trinajstić information content (AvgIpc) is 3.15. The second-order valence-electron chi connectivity index (χ2n) is 7.45. The van der Waals surface area contributed by atoms with Crippen LogP contribution < -0.4 is 0 Å². The number of carbonyl (C=O) groups excluding carboxylic acids is 2. The molecule has 8 heteroatoms. The third-order valence-electron chi connectivity index (χ3n) is 5.44. The summed E-state index contributed by atoms with van der Waals surface area (Å²) >= 11 is 12.3. The predicted molar refractivity (Wildman–Crippen MR) is 126 cm³/mol. The number of aryl methyl sites for hydroxylation is 1. The highest BCUT2D eigenvalue weighted by atomic mass is 35.5. The molecule has 1 amide bonds. The zero-order valence-corrected chi connectivity index (χ0v) is 20.3. The SMILES string of the molecule is CCOC(=O)C1=C(C)N(CCOC)C(=O)/C1=C\c1cc(C)n(-c2ccc(Cl)c(Cl)c2)c1C. The molecule has 0 radical (unpaired) electrons. The Morgan fingerprint density at radius 1 is 1.12 bits per heavy atom. The first-order valence-electron chi connectivity index (χ1n) is 10.3. The summed E-state index contributed by atoms with van der Waals surface area (Å²) in [6, 6.07) is 7.39. The Morgan fingerprint density at radius 2 is 1.84 bits per heavy atom. The number of hydrogen-bond acceptors (Lipinski definition) is 4. The van der Waals surface area contributed by atoms with Crippen molar-refractivity contribution in [2.45, 2.75) is 27.7 Å². The fraction of sp³-hybridized carbons (Fsp3) is 0.333. The molecule has 1 aliphatic heterocycles. The molecule has 1 aromatic heterocycles. The Balaban J connectivity index is 2.10. The largest absolute Gasteiger partial charge is 0.462 e. The van der Waals surface area contributed by atoms with Gasteiger partial charge in [-0.15, -0.1) is 0 Å². The Labute approximate surface area is 198 Å². The van der Waals surface area contributed by atoms with E-state index in [0.717, 1.165) is 22.6 Å². The van der Waals surface area contributed by atoms with E-state index >= 15 is 0 Å². The summed E-state index contributed by atoms with van der Waals surface area (Å²) in [7, 11) is 1.57. The first-order chi connectivity index (χ1) is 15.2. The van der Waals surface area contributed by atoms with Gasteiger partial charge in [-0.2, -0.15) is 0 Å². The monoisotopic (exact) mass is 476 g/mol. The van der Waals surface area contributed by atoms with Crippen molar-refractivity contribution < 1.29 is 19.1 Å². The summed E-state index contributed by atoms with van der Waals surface area (Å²) in [4.78, 5) is 27.5. The summed E-state index contributed by atoms with van der Waals surface area (Å²) < 4.78 is 12.4. The number of halogens is 2. The average molecular weight is 477 g/mol. The number of benzene rings is 1. The van der Waals surface area contributed by atoms with Crippen LogP contribution in [-0.4, -0.2) is 48.2 Å². The third kappa shape index (κ3) is 4.49. The van der Waals surface area contributed by atoms with E-state index < -0.39 is 5.97 Å². The van der Waals surface area contributed by atoms with E-state index in [2.05, 4.69) is 0 Å². The van der Waals surface area contributed by atoms with E-state index in [0.29, 0.717) is 34.5 Å². The quantitative estimate of drug-likeness (QED) is 0.411. The summed E-state index contributed by atoms with van der Waals surface area (Å²) in [5.74, 6) is -0.759. The van der Waals surface area contributed by atoms with Gasteiger partial charge < -0.3 is 18.9 Å². The highest BCUT2D eigenvalue weighted by molar-refractivity contribution is 6.42. The van der Waals surface area contributed by atoms with Crippen molar-refractivity contribution in [3.05, 3.63) is 68.1 Å². The molecule has 0 bridgehead atoms. The normalized spacial score (nSPS) is 15.3. The molecule has 0 saturated heterocycles. The van der Waals surface area contributed by atoms with Crippen LogP contribution in [0.5, 0.6) is 0 Å². The number of rotatable bonds is 7. The minimum absolute atomic E-state index is 0.223. The summed E-state index contributed by atoms with van der Waals surface area (Å²) in [5.41, 5.74) is 4.69. The highest BCUT2D eigenvalue weighted by Crippen LogP contribution is 2.34. The lowest BCUT2D eigenvalue weighted by atomic mass is 10.0. The number of nitrogens with zero attached hydrogens (tertiary/aromatic N) is 2. The first-order valence-corrected chi connectivity index (χ1v) is 11.0. The Morgan fingerprint density at radius 3 is 2.47 bits per heavy atom. The van der Waals surface area contributed by atoms with Gasteiger partial charge in [-0.25, -0.2) is 4.79 Å². The molecule has 0 fully saturated rings. The van der Waals surface area contributed by atoms with E-state index in [4.69, 9.17) is 32.7 Å². The molecule has 0 N–H and O–H groups in total. The van der Waals surface area contributed by atoms with Gasteiger partial charge in [0.2, 0.25) is 0 Å². The van der Waals surface area contributed by atoms with Gasteiger partial charge in [0.25, 0.3) is 5.91 Å². The van der Waals surface area contributed by atoms with Crippen LogP contribution in [0.25, 0.3) is 11.8 Å². The molecule has 170 valence electrons. The van der Waals surface area contributed by atoms with Crippen LogP contribution in [-0.2, 0) is 19.1 Å². The fourth-order valence-electron chi connectivity index (χ4n) is 3.89. The molecule has 3 rings (SSSR count). The number of esters is 1. The lowest BCUT2D eigenvalue weighted by molar-refractivity contribution is -0.138. The van der Waals surface area contributed by atoms with Gasteiger partial charge in [0.15, 0.2) is 0 Å². The van der Waals surface area contributed by atoms with Crippen LogP contribution >= 0.6 is 23.2 Å². The zero-order chi connectivity index (χ0) is 23.6. The molecule has 2 heterocycles. The smallest absolute Gasteiger partial charge is 0.340 e. The van der Waals surface area contributed by atoms with Crippen molar-refractivity contribution in [3.63, 3.8) is 0 Å². The molecule has 0 atom stereocenters. The number of hydrogen-bond donors (Lipinski definition) is 0. The molecule has 1 aromatic carbocycles. The molecule has 0 saturated carbocycles. The lowest BCUT2D eigenvalue weighted by Crippen LogP contribution is -2.28. The van der Waals surface area contributed by atoms with Crippen molar-refractivity contribution in [3.8, 4) is 5.69 Å². The molecule has 0 aliphatic carbocycles. The third-order valence-corrected chi connectivity index (χ3v) is 6.18. The van der Waals surface area contributed by atoms with Gasteiger partial charge in [0, 0.05) is 36.4 Å². The van der Waals surface area contributed by atoms with Crippen LogP contribution in [0.15, 0.2) is 41.1 Å². The fourth-order valence-corrected chi connectivity index (χ4v) is 4.18. The molecule has 0 unspecified atom stereocenters. The Hall–Kier alpha value is -2.54. The van der Waals surface area contributed by atoms with E-state index in [1.165, 1.54) is 0 Å². The topological polar surface area (TPSA) is 60.8 Å². The van der Waals surface area contributed by atoms with Gasteiger partial charge in [-0.3, -0.25) is 4.79 Å². The summed E-state index contributed by atoms with van der Waals surface area (Å²) in [5, 5.41) is 0.937. The van der Waals surface area contributed by atoms with Gasteiger partial charge in [0.1, 0.15) is 0 Å². The van der Waals surface area contributed by atoms with E-state index in [1.807, 2.05) is 30.5 Å². The van der Waals surface area contributed by atoms with Crippen molar-refractivity contribution in [1.82, 2.24) is 9.47 Å². The number of ether oxygens (including phenoxy) is 2. The number of allylic oxidation sites excluding steroid dienone is 1. The van der Waals surface area contributed by atoms with Crippen molar-refractivity contribution in [1.29, 1.82) is 0 Å². The van der Waals surface area contributed by atoms with Gasteiger partial charge in [-0.05, 0) is 63.6 Å². The number of methoxy groups -OCH3 is 1. The Bertz CT molecular complexity index is 1130. The lowest BCUT2D eigenvalue weighted by Gasteiger charge is -2.16. The predicted octanol–water partition coefficient (Wildman–Crippen LogP) is 5.11.